The van der Waals surface area contributed by atoms with E-state index >= 15 is 0 Å². The predicted molar refractivity (Wildman–Crippen MR) is 85.3 cm³/mol. The molecule has 2 atom stereocenters. The number of nitrogens with one attached hydrogen (secondary N) is 1. The summed E-state index contributed by atoms with van der Waals surface area (Å²) in [4.78, 5) is 32.8. The van der Waals surface area contributed by atoms with Crippen molar-refractivity contribution in [1.29, 1.82) is 0 Å². The van der Waals surface area contributed by atoms with Gasteiger partial charge in [0, 0.05) is 50.6 Å². The molecule has 0 saturated carbocycles. The number of H-pyrrole nitrogens is 1. The van der Waals surface area contributed by atoms with Crippen LogP contribution in [-0.2, 0) is 4.74 Å². The molecule has 1 aliphatic heterocycles. The Labute approximate surface area is 134 Å². The standard InChI is InChI=1S/C17H19N3O3/c1-23-11-13-9-20(10-15(13)12-4-7-18-8-5-12)17(22)14-3-2-6-19-16(14)21/h2-8,13,15H,9-11H2,1H3,(H,19,21)/t13-,15-/m0/s1. The van der Waals surface area contributed by atoms with E-state index in [0.717, 1.165) is 5.56 Å². The highest BCUT2D eigenvalue weighted by Gasteiger charge is 2.36. The van der Waals surface area contributed by atoms with Crippen molar-refractivity contribution < 1.29 is 9.53 Å². The van der Waals surface area contributed by atoms with Gasteiger partial charge in [0.1, 0.15) is 5.56 Å². The fourth-order valence-corrected chi connectivity index (χ4v) is 3.17. The molecule has 3 heterocycles. The number of aromatic nitrogens is 2. The van der Waals surface area contributed by atoms with Gasteiger partial charge in [-0.3, -0.25) is 14.6 Å². The third kappa shape index (κ3) is 3.17. The summed E-state index contributed by atoms with van der Waals surface area (Å²) in [6, 6.07) is 7.16. The first kappa shape index (κ1) is 15.4. The maximum Gasteiger partial charge on any atom is 0.260 e. The summed E-state index contributed by atoms with van der Waals surface area (Å²) in [7, 11) is 1.66. The second-order valence-electron chi connectivity index (χ2n) is 5.73. The van der Waals surface area contributed by atoms with Crippen LogP contribution in [0.15, 0.2) is 47.7 Å². The molecule has 1 saturated heterocycles. The maximum absolute atomic E-state index is 12.6. The molecule has 6 heteroatoms. The molecule has 0 aromatic carbocycles. The summed E-state index contributed by atoms with van der Waals surface area (Å²) in [5.74, 6) is 0.156. The van der Waals surface area contributed by atoms with Crippen LogP contribution in [0.25, 0.3) is 0 Å². The summed E-state index contributed by atoms with van der Waals surface area (Å²) in [6.07, 6.45) is 5.04. The minimum Gasteiger partial charge on any atom is -0.384 e. The van der Waals surface area contributed by atoms with Crippen molar-refractivity contribution >= 4 is 5.91 Å². The monoisotopic (exact) mass is 313 g/mol. The van der Waals surface area contributed by atoms with Gasteiger partial charge in [-0.05, 0) is 29.8 Å². The highest BCUT2D eigenvalue weighted by atomic mass is 16.5. The molecule has 2 aromatic rings. The van der Waals surface area contributed by atoms with Crippen LogP contribution in [0.5, 0.6) is 0 Å². The number of rotatable bonds is 4. The SMILES string of the molecule is COC[C@@H]1CN(C(=O)c2ccc[nH]c2=O)C[C@H]1c1ccncc1. The number of methoxy groups -OCH3 is 1. The van der Waals surface area contributed by atoms with Crippen molar-refractivity contribution in [2.75, 3.05) is 26.8 Å². The van der Waals surface area contributed by atoms with E-state index in [9.17, 15) is 9.59 Å². The molecule has 2 aromatic heterocycles. The number of aromatic amines is 1. The van der Waals surface area contributed by atoms with Crippen molar-refractivity contribution in [1.82, 2.24) is 14.9 Å². The van der Waals surface area contributed by atoms with E-state index in [1.165, 1.54) is 6.20 Å². The number of nitrogens with zero attached hydrogens (tertiary/aromatic N) is 2. The average Bonchev–Trinajstić information content (AvgIpc) is 3.00. The molecule has 0 aliphatic carbocycles. The Balaban J connectivity index is 1.84. The lowest BCUT2D eigenvalue weighted by atomic mass is 9.90. The molecule has 120 valence electrons. The van der Waals surface area contributed by atoms with E-state index in [2.05, 4.69) is 9.97 Å². The third-order valence-electron chi connectivity index (χ3n) is 4.29. The van der Waals surface area contributed by atoms with Gasteiger partial charge < -0.3 is 14.6 Å². The zero-order valence-corrected chi connectivity index (χ0v) is 12.9. The first-order valence-electron chi connectivity index (χ1n) is 7.56. The van der Waals surface area contributed by atoms with E-state index in [-0.39, 0.29) is 28.9 Å². The van der Waals surface area contributed by atoms with Crippen molar-refractivity contribution in [3.8, 4) is 0 Å². The molecule has 0 unspecified atom stereocenters. The second kappa shape index (κ2) is 6.75. The van der Waals surface area contributed by atoms with Crippen LogP contribution in [0.1, 0.15) is 21.8 Å². The molecule has 3 rings (SSSR count). The molecular formula is C17H19N3O3. The Bertz CT molecular complexity index is 729. The van der Waals surface area contributed by atoms with Gasteiger partial charge in [-0.2, -0.15) is 0 Å². The van der Waals surface area contributed by atoms with E-state index in [1.807, 2.05) is 12.1 Å². The van der Waals surface area contributed by atoms with Gasteiger partial charge in [0.05, 0.1) is 6.61 Å². The molecule has 1 amide bonds. The topological polar surface area (TPSA) is 75.3 Å². The minimum atomic E-state index is -0.354. The van der Waals surface area contributed by atoms with Crippen molar-refractivity contribution in [2.24, 2.45) is 5.92 Å². The quantitative estimate of drug-likeness (QED) is 0.922. The van der Waals surface area contributed by atoms with Crippen molar-refractivity contribution in [2.45, 2.75) is 5.92 Å². The van der Waals surface area contributed by atoms with Gasteiger partial charge in [-0.1, -0.05) is 0 Å². The van der Waals surface area contributed by atoms with Gasteiger partial charge in [-0.25, -0.2) is 0 Å². The third-order valence-corrected chi connectivity index (χ3v) is 4.29. The van der Waals surface area contributed by atoms with Gasteiger partial charge in [0.15, 0.2) is 0 Å². The van der Waals surface area contributed by atoms with Gasteiger partial charge in [0.2, 0.25) is 0 Å². The van der Waals surface area contributed by atoms with E-state index in [4.69, 9.17) is 4.74 Å². The van der Waals surface area contributed by atoms with Crippen LogP contribution in [0, 0.1) is 5.92 Å². The summed E-state index contributed by atoms with van der Waals surface area (Å²) >= 11 is 0. The largest absolute Gasteiger partial charge is 0.384 e. The van der Waals surface area contributed by atoms with E-state index in [1.54, 1.807) is 36.5 Å². The molecular weight excluding hydrogens is 294 g/mol. The fraction of sp³-hybridized carbons (Fsp3) is 0.353. The van der Waals surface area contributed by atoms with Gasteiger partial charge in [-0.15, -0.1) is 0 Å². The second-order valence-corrected chi connectivity index (χ2v) is 5.73. The normalized spacial score (nSPS) is 20.7. The molecule has 0 spiro atoms. The smallest absolute Gasteiger partial charge is 0.260 e. The van der Waals surface area contributed by atoms with Gasteiger partial charge >= 0.3 is 0 Å². The molecule has 0 radical (unpaired) electrons. The first-order valence-corrected chi connectivity index (χ1v) is 7.56. The molecule has 1 fully saturated rings. The molecule has 23 heavy (non-hydrogen) atoms. The van der Waals surface area contributed by atoms with E-state index < -0.39 is 0 Å². The Hall–Kier alpha value is -2.47. The Morgan fingerprint density at radius 1 is 1.35 bits per heavy atom. The molecule has 1 N–H and O–H groups in total. The van der Waals surface area contributed by atoms with Crippen LogP contribution < -0.4 is 5.56 Å². The Morgan fingerprint density at radius 3 is 2.83 bits per heavy atom. The molecule has 6 nitrogen and oxygen atoms in total. The summed E-state index contributed by atoms with van der Waals surface area (Å²) < 4.78 is 5.31. The lowest BCUT2D eigenvalue weighted by Gasteiger charge is -2.17. The van der Waals surface area contributed by atoms with E-state index in [0.29, 0.717) is 19.7 Å². The Kier molecular flexibility index (Phi) is 4.52. The average molecular weight is 313 g/mol. The molecule has 1 aliphatic rings. The zero-order valence-electron chi connectivity index (χ0n) is 12.9. The van der Waals surface area contributed by atoms with Crippen LogP contribution in [0.3, 0.4) is 0 Å². The molecule has 0 bridgehead atoms. The maximum atomic E-state index is 12.6. The number of hydrogen-bond donors (Lipinski definition) is 1. The number of amides is 1. The summed E-state index contributed by atoms with van der Waals surface area (Å²) in [5, 5.41) is 0. The number of ether oxygens (including phenoxy) is 1. The van der Waals surface area contributed by atoms with Crippen LogP contribution >= 0.6 is 0 Å². The lowest BCUT2D eigenvalue weighted by molar-refractivity contribution is 0.0773. The lowest BCUT2D eigenvalue weighted by Crippen LogP contribution is -2.33. The zero-order chi connectivity index (χ0) is 16.2. The number of pyridine rings is 2. The van der Waals surface area contributed by atoms with Crippen molar-refractivity contribution in [3.05, 3.63) is 64.3 Å². The van der Waals surface area contributed by atoms with Crippen molar-refractivity contribution in [3.63, 3.8) is 0 Å². The number of carbonyl (C=O) groups excluding carboxylic acids is 1. The Morgan fingerprint density at radius 2 is 2.13 bits per heavy atom. The summed E-state index contributed by atoms with van der Waals surface area (Å²) in [6.45, 7) is 1.72. The van der Waals surface area contributed by atoms with Gasteiger partial charge in [0.25, 0.3) is 11.5 Å². The van der Waals surface area contributed by atoms with Crippen LogP contribution in [0.2, 0.25) is 0 Å². The minimum absolute atomic E-state index is 0.180. The summed E-state index contributed by atoms with van der Waals surface area (Å²) in [5.41, 5.74) is 0.964. The highest BCUT2D eigenvalue weighted by molar-refractivity contribution is 5.94. The number of hydrogen-bond acceptors (Lipinski definition) is 4. The predicted octanol–water partition coefficient (Wildman–Crippen LogP) is 1.27. The van der Waals surface area contributed by atoms with Crippen LogP contribution in [-0.4, -0.2) is 47.6 Å². The number of carbonyl (C=O) groups is 1. The first-order chi connectivity index (χ1) is 11.2. The number of likely N-dealkylation sites (tertiary alicyclic amines) is 1. The fourth-order valence-electron chi connectivity index (χ4n) is 3.17. The van der Waals surface area contributed by atoms with Crippen LogP contribution in [0.4, 0.5) is 0 Å². The highest BCUT2D eigenvalue weighted by Crippen LogP contribution is 2.33.